The maximum atomic E-state index is 13.2. The summed E-state index contributed by atoms with van der Waals surface area (Å²) >= 11 is 5.83. The summed E-state index contributed by atoms with van der Waals surface area (Å²) in [6.45, 7) is 5.88. The average molecular weight is 376 g/mol. The van der Waals surface area contributed by atoms with Crippen molar-refractivity contribution in [3.05, 3.63) is 82.5 Å². The second-order valence-corrected chi connectivity index (χ2v) is 7.01. The van der Waals surface area contributed by atoms with Gasteiger partial charge >= 0.3 is 0 Å². The van der Waals surface area contributed by atoms with Crippen molar-refractivity contribution < 1.29 is 0 Å². The minimum atomic E-state index is -0.129. The second-order valence-electron chi connectivity index (χ2n) is 6.64. The number of para-hydroxylation sites is 2. The predicted molar refractivity (Wildman–Crippen MR) is 114 cm³/mol. The van der Waals surface area contributed by atoms with Gasteiger partial charge < -0.3 is 4.90 Å². The van der Waals surface area contributed by atoms with Gasteiger partial charge in [0.1, 0.15) is 5.82 Å². The lowest BCUT2D eigenvalue weighted by Gasteiger charge is -2.41. The van der Waals surface area contributed by atoms with Gasteiger partial charge in [-0.1, -0.05) is 30.3 Å². The third-order valence-electron chi connectivity index (χ3n) is 4.76. The first-order valence-corrected chi connectivity index (χ1v) is 9.25. The van der Waals surface area contributed by atoms with E-state index in [1.54, 1.807) is 15.8 Å². The average Bonchev–Trinajstić information content (AvgIpc) is 2.65. The van der Waals surface area contributed by atoms with Gasteiger partial charge in [-0.2, -0.15) is 4.68 Å². The third-order valence-corrected chi connectivity index (χ3v) is 5.13. The maximum absolute atomic E-state index is 13.2. The van der Waals surface area contributed by atoms with E-state index in [0.29, 0.717) is 21.8 Å². The number of fused-ring (bicyclic) bond motifs is 1. The van der Waals surface area contributed by atoms with Crippen LogP contribution in [-0.4, -0.2) is 20.8 Å². The molecule has 1 unspecified atom stereocenters. The van der Waals surface area contributed by atoms with E-state index < -0.39 is 0 Å². The van der Waals surface area contributed by atoms with Crippen molar-refractivity contribution in [3.8, 4) is 0 Å². The standard InChI is InChI=1S/C21H20N4OS/c1-14-13-15(2)24(21(27)23(14)17-9-5-4-6-10-17)25-16(3)22-19-12-8-7-11-18(19)20(25)26/h4-14H,1-3H3. The molecule has 0 radical (unpaired) electrons. The second kappa shape index (κ2) is 6.63. The fourth-order valence-corrected chi connectivity index (χ4v) is 4.07. The number of benzene rings is 2. The van der Waals surface area contributed by atoms with Crippen LogP contribution in [0.1, 0.15) is 19.7 Å². The van der Waals surface area contributed by atoms with Crippen LogP contribution in [0.3, 0.4) is 0 Å². The number of aryl methyl sites for hydroxylation is 1. The van der Waals surface area contributed by atoms with Crippen molar-refractivity contribution in [1.29, 1.82) is 0 Å². The van der Waals surface area contributed by atoms with E-state index in [4.69, 9.17) is 12.2 Å². The molecule has 5 nitrogen and oxygen atoms in total. The molecular formula is C21H20N4OS. The zero-order valence-corrected chi connectivity index (χ0v) is 16.3. The normalized spacial score (nSPS) is 17.4. The van der Waals surface area contributed by atoms with E-state index in [9.17, 15) is 4.79 Å². The van der Waals surface area contributed by atoms with Crippen LogP contribution >= 0.6 is 12.2 Å². The van der Waals surface area contributed by atoms with Crippen molar-refractivity contribution >= 4 is 33.9 Å². The zero-order chi connectivity index (χ0) is 19.1. The zero-order valence-electron chi connectivity index (χ0n) is 15.5. The molecule has 0 fully saturated rings. The van der Waals surface area contributed by atoms with Crippen LogP contribution in [0.25, 0.3) is 10.9 Å². The molecule has 1 aliphatic rings. The van der Waals surface area contributed by atoms with Crippen molar-refractivity contribution in [3.63, 3.8) is 0 Å². The Morgan fingerprint density at radius 2 is 1.67 bits per heavy atom. The Morgan fingerprint density at radius 1 is 1.00 bits per heavy atom. The first-order chi connectivity index (χ1) is 13.0. The highest BCUT2D eigenvalue weighted by atomic mass is 32.1. The quantitative estimate of drug-likeness (QED) is 0.638. The molecule has 27 heavy (non-hydrogen) atoms. The maximum Gasteiger partial charge on any atom is 0.280 e. The van der Waals surface area contributed by atoms with E-state index >= 15 is 0 Å². The molecule has 0 aliphatic carbocycles. The SMILES string of the molecule is CC1=CC(C)N(c2ccccc2)C(=S)N1n1c(C)nc2ccccc2c1=O. The highest BCUT2D eigenvalue weighted by Crippen LogP contribution is 2.25. The van der Waals surface area contributed by atoms with Crippen molar-refractivity contribution in [1.82, 2.24) is 9.66 Å². The highest BCUT2D eigenvalue weighted by Gasteiger charge is 2.31. The molecule has 0 N–H and O–H groups in total. The number of allylic oxidation sites excluding steroid dienone is 1. The van der Waals surface area contributed by atoms with E-state index in [2.05, 4.69) is 18.0 Å². The smallest absolute Gasteiger partial charge is 0.280 e. The van der Waals surface area contributed by atoms with Gasteiger partial charge in [0.15, 0.2) is 0 Å². The van der Waals surface area contributed by atoms with Gasteiger partial charge in [0.2, 0.25) is 5.11 Å². The number of nitrogens with zero attached hydrogens (tertiary/aromatic N) is 4. The van der Waals surface area contributed by atoms with Gasteiger partial charge in [-0.05, 0) is 63.3 Å². The van der Waals surface area contributed by atoms with E-state index in [-0.39, 0.29) is 11.6 Å². The van der Waals surface area contributed by atoms with E-state index in [1.165, 1.54) is 0 Å². The molecule has 2 heterocycles. The molecule has 1 atom stereocenters. The Kier molecular flexibility index (Phi) is 4.28. The minimum absolute atomic E-state index is 0.0839. The number of rotatable bonds is 2. The van der Waals surface area contributed by atoms with E-state index in [0.717, 1.165) is 11.4 Å². The van der Waals surface area contributed by atoms with Gasteiger partial charge in [0.25, 0.3) is 5.56 Å². The Bertz CT molecular complexity index is 1120. The predicted octanol–water partition coefficient (Wildman–Crippen LogP) is 3.74. The lowest BCUT2D eigenvalue weighted by atomic mass is 10.1. The fourth-order valence-electron chi connectivity index (χ4n) is 3.57. The summed E-state index contributed by atoms with van der Waals surface area (Å²) < 4.78 is 1.57. The molecule has 2 aromatic carbocycles. The molecule has 0 saturated carbocycles. The summed E-state index contributed by atoms with van der Waals surface area (Å²) in [6, 6.07) is 17.4. The lowest BCUT2D eigenvalue weighted by molar-refractivity contribution is 0.681. The van der Waals surface area contributed by atoms with Crippen LogP contribution in [0.4, 0.5) is 5.69 Å². The van der Waals surface area contributed by atoms with Crippen LogP contribution in [-0.2, 0) is 0 Å². The summed E-state index contributed by atoms with van der Waals surface area (Å²) in [5, 5.41) is 2.90. The summed E-state index contributed by atoms with van der Waals surface area (Å²) in [5.74, 6) is 0.594. The Labute approximate surface area is 163 Å². The van der Waals surface area contributed by atoms with Crippen LogP contribution in [0, 0.1) is 6.92 Å². The third kappa shape index (κ3) is 2.82. The van der Waals surface area contributed by atoms with Crippen molar-refractivity contribution in [2.75, 3.05) is 9.91 Å². The molecule has 0 bridgehead atoms. The molecule has 1 aliphatic heterocycles. The number of anilines is 1. The van der Waals surface area contributed by atoms with Gasteiger partial charge in [-0.3, -0.25) is 4.79 Å². The Balaban J connectivity index is 1.91. The lowest BCUT2D eigenvalue weighted by Crippen LogP contribution is -2.57. The summed E-state index contributed by atoms with van der Waals surface area (Å²) in [6.07, 6.45) is 2.10. The first kappa shape index (κ1) is 17.4. The summed E-state index contributed by atoms with van der Waals surface area (Å²) in [5.41, 5.74) is 2.45. The van der Waals surface area contributed by atoms with Gasteiger partial charge in [-0.15, -0.1) is 0 Å². The molecule has 0 saturated heterocycles. The summed E-state index contributed by atoms with van der Waals surface area (Å²) in [7, 11) is 0. The molecular weight excluding hydrogens is 356 g/mol. The largest absolute Gasteiger partial charge is 0.311 e. The molecule has 136 valence electrons. The minimum Gasteiger partial charge on any atom is -0.311 e. The van der Waals surface area contributed by atoms with Crippen molar-refractivity contribution in [2.24, 2.45) is 0 Å². The highest BCUT2D eigenvalue weighted by molar-refractivity contribution is 7.80. The topological polar surface area (TPSA) is 41.4 Å². The number of hydrogen-bond acceptors (Lipinski definition) is 3. The van der Waals surface area contributed by atoms with Gasteiger partial charge in [0.05, 0.1) is 16.9 Å². The van der Waals surface area contributed by atoms with Crippen molar-refractivity contribution in [2.45, 2.75) is 26.8 Å². The summed E-state index contributed by atoms with van der Waals surface area (Å²) in [4.78, 5) is 19.9. The molecule has 4 rings (SSSR count). The first-order valence-electron chi connectivity index (χ1n) is 8.84. The molecule has 0 amide bonds. The molecule has 0 spiro atoms. The molecule has 6 heteroatoms. The fraction of sp³-hybridized carbons (Fsp3) is 0.190. The van der Waals surface area contributed by atoms with Crippen LogP contribution in [0.5, 0.6) is 0 Å². The Morgan fingerprint density at radius 3 is 2.41 bits per heavy atom. The number of thiocarbonyl (C=S) groups is 1. The number of aromatic nitrogens is 2. The van der Waals surface area contributed by atoms with Gasteiger partial charge in [0, 0.05) is 11.4 Å². The van der Waals surface area contributed by atoms with Crippen LogP contribution in [0.2, 0.25) is 0 Å². The number of hydrogen-bond donors (Lipinski definition) is 0. The monoisotopic (exact) mass is 376 g/mol. The van der Waals surface area contributed by atoms with E-state index in [1.807, 2.05) is 67.3 Å². The van der Waals surface area contributed by atoms with Crippen LogP contribution in [0.15, 0.2) is 71.2 Å². The molecule has 1 aromatic heterocycles. The molecule has 3 aromatic rings. The van der Waals surface area contributed by atoms with Gasteiger partial charge in [-0.25, -0.2) is 9.99 Å². The Hall–Kier alpha value is -2.99. The van der Waals surface area contributed by atoms with Crippen LogP contribution < -0.4 is 15.5 Å².